The quantitative estimate of drug-likeness (QED) is 0.371. The smallest absolute Gasteiger partial charge is 0.548 e. The molecule has 1 heterocycles. The second-order valence-electron chi connectivity index (χ2n) is 3.38. The molecular formula is C8H13KO8. The fourth-order valence-corrected chi connectivity index (χ4v) is 1.36. The summed E-state index contributed by atoms with van der Waals surface area (Å²) in [5.74, 6) is -1.52. The Kier molecular flexibility index (Phi) is 8.53. The van der Waals surface area contributed by atoms with Gasteiger partial charge >= 0.3 is 51.4 Å². The van der Waals surface area contributed by atoms with Crippen molar-refractivity contribution >= 4 is 5.97 Å². The van der Waals surface area contributed by atoms with Gasteiger partial charge in [-0.3, -0.25) is 0 Å². The predicted molar refractivity (Wildman–Crippen MR) is 44.7 cm³/mol. The van der Waals surface area contributed by atoms with E-state index in [1.165, 1.54) is 0 Å². The van der Waals surface area contributed by atoms with Crippen molar-refractivity contribution < 1.29 is 91.2 Å². The Morgan fingerprint density at radius 3 is 2.29 bits per heavy atom. The molecule has 2 unspecified atom stereocenters. The second-order valence-corrected chi connectivity index (χ2v) is 3.38. The van der Waals surface area contributed by atoms with Crippen molar-refractivity contribution in [3.63, 3.8) is 0 Å². The summed E-state index contributed by atoms with van der Waals surface area (Å²) in [5.41, 5.74) is 0. The van der Waals surface area contributed by atoms with Crippen LogP contribution < -0.4 is 56.5 Å². The summed E-state index contributed by atoms with van der Waals surface area (Å²) in [6, 6.07) is 0. The molecule has 0 amide bonds. The summed E-state index contributed by atoms with van der Waals surface area (Å²) in [7, 11) is 0. The first-order chi connectivity index (χ1) is 7.47. The summed E-state index contributed by atoms with van der Waals surface area (Å²) in [6.45, 7) is -1.43. The molecule has 0 aromatic rings. The largest absolute Gasteiger partial charge is 1.00 e. The van der Waals surface area contributed by atoms with Gasteiger partial charge in [0.25, 0.3) is 0 Å². The van der Waals surface area contributed by atoms with E-state index in [4.69, 9.17) is 9.84 Å². The van der Waals surface area contributed by atoms with Crippen LogP contribution in [0.5, 0.6) is 0 Å². The maximum Gasteiger partial charge on any atom is 1.00 e. The molecule has 0 spiro atoms. The van der Waals surface area contributed by atoms with E-state index < -0.39 is 49.9 Å². The molecule has 8 nitrogen and oxygen atoms in total. The summed E-state index contributed by atoms with van der Waals surface area (Å²) < 4.78 is 9.45. The van der Waals surface area contributed by atoms with Crippen LogP contribution in [0.25, 0.3) is 0 Å². The molecule has 0 radical (unpaired) electrons. The van der Waals surface area contributed by atoms with E-state index in [2.05, 4.69) is 4.74 Å². The zero-order chi connectivity index (χ0) is 12.3. The van der Waals surface area contributed by atoms with Gasteiger partial charge < -0.3 is 39.8 Å². The molecule has 0 bridgehead atoms. The van der Waals surface area contributed by atoms with E-state index in [0.717, 1.165) is 0 Å². The number of aliphatic hydroxyl groups is 4. The summed E-state index contributed by atoms with van der Waals surface area (Å²) in [5, 5.41) is 47.0. The Balaban J connectivity index is 0.00000256. The normalized spacial score (nSPS) is 37.3. The molecule has 17 heavy (non-hydrogen) atoms. The van der Waals surface area contributed by atoms with Crippen molar-refractivity contribution in [1.29, 1.82) is 0 Å². The standard InChI is InChI=1S/C8H14O8.K/c9-1-3-5(12)6(13)7(14)8(16-3)15-2-4(10)11;/h3,5-9,12-14H,1-2H2,(H,10,11);/q;+1/p-1/t3?,5-,6+,7?,8+;/m1./s1. The average Bonchev–Trinajstić information content (AvgIpc) is 2.25. The Morgan fingerprint density at radius 1 is 1.24 bits per heavy atom. The van der Waals surface area contributed by atoms with E-state index in [0.29, 0.717) is 0 Å². The fraction of sp³-hybridized carbons (Fsp3) is 0.875. The van der Waals surface area contributed by atoms with Crippen LogP contribution in [0, 0.1) is 0 Å². The number of hydrogen-bond acceptors (Lipinski definition) is 8. The molecule has 1 saturated heterocycles. The van der Waals surface area contributed by atoms with Crippen molar-refractivity contribution in [3.8, 4) is 0 Å². The molecule has 1 aliphatic rings. The molecule has 4 N–H and O–H groups in total. The molecule has 0 aromatic heterocycles. The zero-order valence-corrected chi connectivity index (χ0v) is 12.3. The number of aliphatic carboxylic acids is 1. The second kappa shape index (κ2) is 8.12. The predicted octanol–water partition coefficient (Wildman–Crippen LogP) is -7.44. The van der Waals surface area contributed by atoms with Gasteiger partial charge in [-0.15, -0.1) is 0 Å². The van der Waals surface area contributed by atoms with Gasteiger partial charge in [0, 0.05) is 0 Å². The van der Waals surface area contributed by atoms with Crippen molar-refractivity contribution in [2.45, 2.75) is 30.7 Å². The molecule has 0 aliphatic carbocycles. The molecule has 0 aromatic carbocycles. The van der Waals surface area contributed by atoms with Crippen molar-refractivity contribution in [2.24, 2.45) is 0 Å². The maximum absolute atomic E-state index is 10.1. The van der Waals surface area contributed by atoms with Crippen molar-refractivity contribution in [1.82, 2.24) is 0 Å². The first-order valence-electron chi connectivity index (χ1n) is 4.59. The average molecular weight is 276 g/mol. The number of hydrogen-bond donors (Lipinski definition) is 4. The Bertz CT molecular complexity index is 248. The minimum absolute atomic E-state index is 0. The van der Waals surface area contributed by atoms with E-state index in [1.54, 1.807) is 0 Å². The van der Waals surface area contributed by atoms with Crippen LogP contribution >= 0.6 is 0 Å². The van der Waals surface area contributed by atoms with Gasteiger partial charge in [0.1, 0.15) is 24.4 Å². The number of carboxylic acid groups (broad SMARTS) is 1. The monoisotopic (exact) mass is 276 g/mol. The van der Waals surface area contributed by atoms with Crippen LogP contribution in [0.2, 0.25) is 0 Å². The van der Waals surface area contributed by atoms with E-state index >= 15 is 0 Å². The third-order valence-electron chi connectivity index (χ3n) is 2.21. The first kappa shape index (κ1) is 17.9. The molecule has 94 valence electrons. The zero-order valence-electron chi connectivity index (χ0n) is 9.22. The van der Waals surface area contributed by atoms with Gasteiger partial charge in [-0.1, -0.05) is 0 Å². The van der Waals surface area contributed by atoms with E-state index in [9.17, 15) is 25.2 Å². The summed E-state index contributed by atoms with van der Waals surface area (Å²) in [6.07, 6.45) is -7.24. The number of carboxylic acids is 1. The molecule has 5 atom stereocenters. The number of aliphatic hydroxyl groups excluding tert-OH is 4. The van der Waals surface area contributed by atoms with E-state index in [1.807, 2.05) is 0 Å². The van der Waals surface area contributed by atoms with Gasteiger partial charge in [-0.25, -0.2) is 0 Å². The molecule has 1 rings (SSSR count). The molecular weight excluding hydrogens is 263 g/mol. The SMILES string of the molecule is O=C([O-])CO[C@H]1OC(CO)[C@@H](O)[C@H](O)C1O.[K+]. The van der Waals surface area contributed by atoms with Gasteiger partial charge in [-0.05, 0) is 0 Å². The Morgan fingerprint density at radius 2 is 1.82 bits per heavy atom. The number of ether oxygens (including phenoxy) is 2. The maximum atomic E-state index is 10.1. The first-order valence-corrected chi connectivity index (χ1v) is 4.59. The van der Waals surface area contributed by atoms with Gasteiger partial charge in [-0.2, -0.15) is 0 Å². The van der Waals surface area contributed by atoms with Crippen molar-refractivity contribution in [2.75, 3.05) is 13.2 Å². The van der Waals surface area contributed by atoms with Gasteiger partial charge in [0.15, 0.2) is 6.29 Å². The topological polar surface area (TPSA) is 140 Å². The van der Waals surface area contributed by atoms with Crippen LogP contribution in [-0.2, 0) is 14.3 Å². The van der Waals surface area contributed by atoms with Gasteiger partial charge in [0.05, 0.1) is 19.2 Å². The van der Waals surface area contributed by atoms with Crippen LogP contribution in [0.4, 0.5) is 0 Å². The Hall–Kier alpha value is 0.866. The van der Waals surface area contributed by atoms with Crippen LogP contribution in [0.15, 0.2) is 0 Å². The van der Waals surface area contributed by atoms with E-state index in [-0.39, 0.29) is 51.4 Å². The summed E-state index contributed by atoms with van der Waals surface area (Å²) >= 11 is 0. The number of rotatable bonds is 4. The third-order valence-corrected chi connectivity index (χ3v) is 2.21. The molecule has 0 saturated carbocycles. The summed E-state index contributed by atoms with van der Waals surface area (Å²) in [4.78, 5) is 10.1. The number of carbonyl (C=O) groups excluding carboxylic acids is 1. The fourth-order valence-electron chi connectivity index (χ4n) is 1.36. The minimum atomic E-state index is -1.60. The third kappa shape index (κ3) is 4.80. The van der Waals surface area contributed by atoms with Crippen LogP contribution in [0.1, 0.15) is 0 Å². The molecule has 1 aliphatic heterocycles. The number of carbonyl (C=O) groups is 1. The van der Waals surface area contributed by atoms with Crippen LogP contribution in [0.3, 0.4) is 0 Å². The van der Waals surface area contributed by atoms with Gasteiger partial charge in [0.2, 0.25) is 0 Å². The minimum Gasteiger partial charge on any atom is -0.548 e. The molecule has 1 fully saturated rings. The van der Waals surface area contributed by atoms with Crippen molar-refractivity contribution in [3.05, 3.63) is 0 Å². The van der Waals surface area contributed by atoms with Crippen LogP contribution in [-0.4, -0.2) is 70.3 Å². The Labute approximate surface area is 140 Å². The molecule has 9 heteroatoms.